The predicted octanol–water partition coefficient (Wildman–Crippen LogP) is 6.05. The van der Waals surface area contributed by atoms with Gasteiger partial charge in [-0.2, -0.15) is 5.10 Å². The third-order valence-electron chi connectivity index (χ3n) is 6.53. The van der Waals surface area contributed by atoms with E-state index in [0.29, 0.717) is 23.6 Å². The molecule has 170 valence electrons. The zero-order chi connectivity index (χ0) is 23.3. The number of halogens is 1. The minimum Gasteiger partial charge on any atom is -0.494 e. The number of aromatic nitrogens is 2. The Labute approximate surface area is 195 Å². The average Bonchev–Trinajstić information content (AvgIpc) is 3.17. The first kappa shape index (κ1) is 22.9. The zero-order valence-electron chi connectivity index (χ0n) is 19.1. The van der Waals surface area contributed by atoms with Crippen molar-refractivity contribution in [3.05, 3.63) is 65.3 Å². The molecule has 0 bridgehead atoms. The summed E-state index contributed by atoms with van der Waals surface area (Å²) in [5.41, 5.74) is 3.59. The highest BCUT2D eigenvalue weighted by atomic mass is 35.5. The molecule has 0 amide bonds. The van der Waals surface area contributed by atoms with Gasteiger partial charge in [0.05, 0.1) is 28.0 Å². The first-order chi connectivity index (χ1) is 15.0. The Kier molecular flexibility index (Phi) is 5.66. The van der Waals surface area contributed by atoms with Crippen molar-refractivity contribution >= 4 is 21.4 Å². The Morgan fingerprint density at radius 2 is 1.59 bits per heavy atom. The van der Waals surface area contributed by atoms with Gasteiger partial charge in [0, 0.05) is 16.5 Å². The van der Waals surface area contributed by atoms with Crippen molar-refractivity contribution in [3.63, 3.8) is 0 Å². The Morgan fingerprint density at radius 3 is 2.19 bits per heavy atom. The van der Waals surface area contributed by atoms with Crippen LogP contribution in [0.5, 0.6) is 5.75 Å². The number of methoxy groups -OCH3 is 1. The van der Waals surface area contributed by atoms with Crippen molar-refractivity contribution in [2.75, 3.05) is 7.11 Å². The van der Waals surface area contributed by atoms with Gasteiger partial charge in [0.15, 0.2) is 9.84 Å². The van der Waals surface area contributed by atoms with E-state index in [9.17, 15) is 8.42 Å². The molecule has 4 rings (SSSR count). The van der Waals surface area contributed by atoms with Crippen LogP contribution in [0, 0.1) is 0 Å². The van der Waals surface area contributed by atoms with Crippen molar-refractivity contribution in [3.8, 4) is 22.7 Å². The molecule has 5 nitrogen and oxygen atoms in total. The summed E-state index contributed by atoms with van der Waals surface area (Å²) in [6, 6.07) is 17.5. The Balaban J connectivity index is 1.87. The average molecular weight is 473 g/mol. The lowest BCUT2D eigenvalue weighted by molar-refractivity contribution is 0.372. The lowest BCUT2D eigenvalue weighted by Crippen LogP contribution is -2.51. The summed E-state index contributed by atoms with van der Waals surface area (Å²) in [5.74, 6) is 0.731. The third-order valence-corrected chi connectivity index (χ3v) is 10.0. The Morgan fingerprint density at radius 1 is 1.00 bits per heavy atom. The second-order valence-electron chi connectivity index (χ2n) is 9.67. The van der Waals surface area contributed by atoms with E-state index in [-0.39, 0.29) is 5.92 Å². The maximum Gasteiger partial charge on any atom is 0.160 e. The molecule has 7 heteroatoms. The van der Waals surface area contributed by atoms with Gasteiger partial charge in [-0.3, -0.25) is 0 Å². The molecule has 0 atom stereocenters. The van der Waals surface area contributed by atoms with Crippen LogP contribution in [-0.2, 0) is 9.84 Å². The summed E-state index contributed by atoms with van der Waals surface area (Å²) in [5, 5.41) is 5.66. The second kappa shape index (κ2) is 7.92. The van der Waals surface area contributed by atoms with E-state index in [0.717, 1.165) is 22.6 Å². The fourth-order valence-corrected chi connectivity index (χ4v) is 7.31. The van der Waals surface area contributed by atoms with Gasteiger partial charge in [-0.15, -0.1) is 0 Å². The molecule has 1 aliphatic rings. The molecule has 32 heavy (non-hydrogen) atoms. The Bertz CT molecular complexity index is 1220. The maximum atomic E-state index is 13.1. The lowest BCUT2D eigenvalue weighted by atomic mass is 9.85. The van der Waals surface area contributed by atoms with Crippen LogP contribution in [0.1, 0.15) is 52.1 Å². The normalized spacial score (nSPS) is 19.6. The minimum absolute atomic E-state index is 0.0190. The molecular formula is C25H29ClN2O3S. The van der Waals surface area contributed by atoms with E-state index < -0.39 is 19.3 Å². The minimum atomic E-state index is -3.27. The summed E-state index contributed by atoms with van der Waals surface area (Å²) in [6.45, 7) is 7.31. The highest BCUT2D eigenvalue weighted by Crippen LogP contribution is 2.48. The molecule has 2 aromatic carbocycles. The van der Waals surface area contributed by atoms with Crippen molar-refractivity contribution in [2.45, 2.75) is 55.9 Å². The van der Waals surface area contributed by atoms with Crippen LogP contribution in [0.25, 0.3) is 16.9 Å². The molecule has 0 saturated carbocycles. The molecule has 2 heterocycles. The summed E-state index contributed by atoms with van der Waals surface area (Å²) in [7, 11) is -1.63. The van der Waals surface area contributed by atoms with Crippen LogP contribution >= 0.6 is 11.6 Å². The third kappa shape index (κ3) is 3.73. The van der Waals surface area contributed by atoms with Crippen LogP contribution in [0.3, 0.4) is 0 Å². The van der Waals surface area contributed by atoms with Crippen LogP contribution < -0.4 is 4.74 Å². The van der Waals surface area contributed by atoms with Crippen LogP contribution in [0.2, 0.25) is 5.02 Å². The molecule has 1 aromatic heterocycles. The van der Waals surface area contributed by atoms with Gasteiger partial charge in [-0.1, -0.05) is 35.9 Å². The van der Waals surface area contributed by atoms with Crippen LogP contribution in [0.15, 0.2) is 54.6 Å². The van der Waals surface area contributed by atoms with Gasteiger partial charge in [0.2, 0.25) is 0 Å². The Hall–Kier alpha value is -2.31. The van der Waals surface area contributed by atoms with Crippen LogP contribution in [-0.4, -0.2) is 34.8 Å². The first-order valence-electron chi connectivity index (χ1n) is 10.7. The standard InChI is InChI=1S/C25H29ClN2O3S/c1-24(2)15-18(16-25(3,4)32(24,29)30)20-14-22(17-10-12-19(26)13-11-17)28(27-20)21-8-6-7-9-23(21)31-5/h6-14,18H,15-16H2,1-5H3. The van der Waals surface area contributed by atoms with Gasteiger partial charge in [0.25, 0.3) is 0 Å². The van der Waals surface area contributed by atoms with Gasteiger partial charge >= 0.3 is 0 Å². The second-order valence-corrected chi connectivity index (χ2v) is 13.3. The molecule has 0 spiro atoms. The predicted molar refractivity (Wildman–Crippen MR) is 130 cm³/mol. The summed E-state index contributed by atoms with van der Waals surface area (Å²) in [4.78, 5) is 0. The number of benzene rings is 2. The van der Waals surface area contributed by atoms with E-state index in [1.54, 1.807) is 7.11 Å². The smallest absolute Gasteiger partial charge is 0.160 e. The van der Waals surface area contributed by atoms with E-state index in [1.165, 1.54) is 0 Å². The number of sulfone groups is 1. The number of nitrogens with zero attached hydrogens (tertiary/aromatic N) is 2. The van der Waals surface area contributed by atoms with Crippen molar-refractivity contribution in [1.82, 2.24) is 9.78 Å². The van der Waals surface area contributed by atoms with Crippen molar-refractivity contribution in [2.24, 2.45) is 0 Å². The molecule has 1 fully saturated rings. The molecule has 1 aliphatic heterocycles. The molecule has 1 saturated heterocycles. The SMILES string of the molecule is COc1ccccc1-n1nc(C2CC(C)(C)S(=O)(=O)C(C)(C)C2)cc1-c1ccc(Cl)cc1. The molecule has 0 N–H and O–H groups in total. The number of rotatable bonds is 4. The van der Waals surface area contributed by atoms with E-state index in [2.05, 4.69) is 6.07 Å². The van der Waals surface area contributed by atoms with E-state index in [1.807, 2.05) is 80.9 Å². The highest BCUT2D eigenvalue weighted by molar-refractivity contribution is 7.94. The molecule has 3 aromatic rings. The van der Waals surface area contributed by atoms with Gasteiger partial charge in [0.1, 0.15) is 11.4 Å². The molecule has 0 unspecified atom stereocenters. The van der Waals surface area contributed by atoms with Gasteiger partial charge in [-0.05, 0) is 70.9 Å². The largest absolute Gasteiger partial charge is 0.494 e. The fraction of sp³-hybridized carbons (Fsp3) is 0.400. The molecule has 0 radical (unpaired) electrons. The summed E-state index contributed by atoms with van der Waals surface area (Å²) >= 11 is 6.12. The highest BCUT2D eigenvalue weighted by Gasteiger charge is 2.52. The van der Waals surface area contributed by atoms with E-state index in [4.69, 9.17) is 21.4 Å². The maximum absolute atomic E-state index is 13.1. The van der Waals surface area contributed by atoms with E-state index >= 15 is 0 Å². The van der Waals surface area contributed by atoms with Gasteiger partial charge < -0.3 is 4.74 Å². The zero-order valence-corrected chi connectivity index (χ0v) is 20.7. The number of para-hydroxylation sites is 2. The lowest BCUT2D eigenvalue weighted by Gasteiger charge is -2.43. The molecule has 0 aliphatic carbocycles. The van der Waals surface area contributed by atoms with Crippen LogP contribution in [0.4, 0.5) is 0 Å². The van der Waals surface area contributed by atoms with Crippen molar-refractivity contribution < 1.29 is 13.2 Å². The number of hydrogen-bond donors (Lipinski definition) is 0. The molecular weight excluding hydrogens is 444 g/mol. The topological polar surface area (TPSA) is 61.2 Å². The number of hydrogen-bond acceptors (Lipinski definition) is 4. The first-order valence-corrected chi connectivity index (χ1v) is 12.6. The quantitative estimate of drug-likeness (QED) is 0.463. The van der Waals surface area contributed by atoms with Gasteiger partial charge in [-0.25, -0.2) is 13.1 Å². The van der Waals surface area contributed by atoms with Crippen molar-refractivity contribution in [1.29, 1.82) is 0 Å². The fourth-order valence-electron chi connectivity index (χ4n) is 4.85. The number of ether oxygens (including phenoxy) is 1. The monoisotopic (exact) mass is 472 g/mol. The summed E-state index contributed by atoms with van der Waals surface area (Å²) in [6.07, 6.45) is 1.06. The summed E-state index contributed by atoms with van der Waals surface area (Å²) < 4.78 is 32.1.